The Labute approximate surface area is 151 Å². The maximum atomic E-state index is 5.81. The molecule has 3 nitrogen and oxygen atoms in total. The highest BCUT2D eigenvalue weighted by Gasteiger charge is 2.47. The fourth-order valence-electron chi connectivity index (χ4n) is 3.73. The third kappa shape index (κ3) is 3.86. The van der Waals surface area contributed by atoms with Crippen LogP contribution in [0, 0.1) is 5.92 Å². The Kier molecular flexibility index (Phi) is 6.59. The van der Waals surface area contributed by atoms with Crippen LogP contribution in [0.5, 0.6) is 0 Å². The molecule has 0 aromatic heterocycles. The molecule has 0 aliphatic carbocycles. The largest absolute Gasteiger partial charge is 1.00 e. The van der Waals surface area contributed by atoms with E-state index in [0.29, 0.717) is 11.6 Å². The summed E-state index contributed by atoms with van der Waals surface area (Å²) >= 11 is 0. The summed E-state index contributed by atoms with van der Waals surface area (Å²) in [7, 11) is 6.17. The van der Waals surface area contributed by atoms with E-state index in [1.165, 1.54) is 28.4 Å². The molecule has 0 radical (unpaired) electrons. The molecule has 0 amide bonds. The number of nitrogens with two attached hydrogens (primary N) is 1. The first-order chi connectivity index (χ1) is 10.2. The van der Waals surface area contributed by atoms with Crippen LogP contribution in [-0.2, 0) is 0 Å². The SMILES string of the molecule is CC(C[SiH3])C(C)(C)[N+](C)(C)C1CCN(c2ccc(N)cc2)C1.[Cl-]. The Morgan fingerprint density at radius 3 is 2.39 bits per heavy atom. The van der Waals surface area contributed by atoms with E-state index in [9.17, 15) is 0 Å². The van der Waals surface area contributed by atoms with Crippen LogP contribution < -0.4 is 23.0 Å². The lowest BCUT2D eigenvalue weighted by atomic mass is 9.85. The molecule has 23 heavy (non-hydrogen) atoms. The number of nitrogens with zero attached hydrogens (tertiary/aromatic N) is 2. The van der Waals surface area contributed by atoms with Gasteiger partial charge in [-0.1, -0.05) is 13.0 Å². The number of hydrogen-bond donors (Lipinski definition) is 1. The van der Waals surface area contributed by atoms with Crippen molar-refractivity contribution in [2.24, 2.45) is 5.92 Å². The topological polar surface area (TPSA) is 29.3 Å². The van der Waals surface area contributed by atoms with Crippen molar-refractivity contribution in [1.29, 1.82) is 0 Å². The Bertz CT molecular complexity index is 501. The van der Waals surface area contributed by atoms with Gasteiger partial charge >= 0.3 is 0 Å². The summed E-state index contributed by atoms with van der Waals surface area (Å²) in [5.41, 5.74) is 8.29. The number of likely N-dealkylation sites (N-methyl/N-ethyl adjacent to an activating group) is 1. The van der Waals surface area contributed by atoms with Crippen LogP contribution in [0.15, 0.2) is 24.3 Å². The van der Waals surface area contributed by atoms with Crippen LogP contribution in [-0.4, -0.2) is 53.5 Å². The van der Waals surface area contributed by atoms with Crippen molar-refractivity contribution < 1.29 is 16.9 Å². The number of quaternary nitrogens is 1. The number of hydrogen-bond acceptors (Lipinski definition) is 2. The summed E-state index contributed by atoms with van der Waals surface area (Å²) in [5, 5.41) is 0. The van der Waals surface area contributed by atoms with Gasteiger partial charge in [0.2, 0.25) is 0 Å². The van der Waals surface area contributed by atoms with Crippen molar-refractivity contribution in [2.75, 3.05) is 37.8 Å². The lowest BCUT2D eigenvalue weighted by Gasteiger charge is -2.51. The van der Waals surface area contributed by atoms with Crippen molar-refractivity contribution >= 4 is 21.6 Å². The minimum atomic E-state index is 0. The predicted octanol–water partition coefficient (Wildman–Crippen LogP) is -0.874. The average Bonchev–Trinajstić information content (AvgIpc) is 2.97. The molecule has 0 bridgehead atoms. The van der Waals surface area contributed by atoms with Gasteiger partial charge in [-0.15, -0.1) is 0 Å². The quantitative estimate of drug-likeness (QED) is 0.422. The van der Waals surface area contributed by atoms with Crippen LogP contribution in [0.4, 0.5) is 11.4 Å². The van der Waals surface area contributed by atoms with Gasteiger partial charge in [0.25, 0.3) is 0 Å². The van der Waals surface area contributed by atoms with Crippen molar-refractivity contribution in [3.05, 3.63) is 24.3 Å². The highest BCUT2D eigenvalue weighted by Crippen LogP contribution is 2.36. The van der Waals surface area contributed by atoms with Crippen LogP contribution in [0.2, 0.25) is 6.04 Å². The Hall–Kier alpha value is -0.713. The molecule has 1 aromatic rings. The van der Waals surface area contributed by atoms with Gasteiger partial charge < -0.3 is 27.5 Å². The maximum Gasteiger partial charge on any atom is 0.108 e. The zero-order valence-electron chi connectivity index (χ0n) is 15.6. The van der Waals surface area contributed by atoms with Crippen molar-refractivity contribution in [1.82, 2.24) is 0 Å². The Morgan fingerprint density at radius 1 is 1.30 bits per heavy atom. The third-order valence-corrected chi connectivity index (χ3v) is 7.86. The molecule has 1 fully saturated rings. The average molecular weight is 356 g/mol. The van der Waals surface area contributed by atoms with Crippen LogP contribution in [0.25, 0.3) is 0 Å². The van der Waals surface area contributed by atoms with Gasteiger partial charge in [-0.3, -0.25) is 0 Å². The Morgan fingerprint density at radius 2 is 1.87 bits per heavy atom. The van der Waals surface area contributed by atoms with Crippen molar-refractivity contribution in [3.63, 3.8) is 0 Å². The minimum Gasteiger partial charge on any atom is -1.00 e. The summed E-state index contributed by atoms with van der Waals surface area (Å²) in [4.78, 5) is 2.52. The van der Waals surface area contributed by atoms with Gasteiger partial charge in [-0.25, -0.2) is 0 Å². The molecule has 132 valence electrons. The molecule has 1 saturated heterocycles. The summed E-state index contributed by atoms with van der Waals surface area (Å²) in [5.74, 6) is 0.778. The third-order valence-electron chi connectivity index (χ3n) is 6.64. The highest BCUT2D eigenvalue weighted by atomic mass is 35.5. The van der Waals surface area contributed by atoms with Crippen molar-refractivity contribution in [3.8, 4) is 0 Å². The van der Waals surface area contributed by atoms with Gasteiger partial charge in [0.15, 0.2) is 0 Å². The number of anilines is 2. The lowest BCUT2D eigenvalue weighted by molar-refractivity contribution is -0.962. The zero-order valence-corrected chi connectivity index (χ0v) is 18.4. The molecule has 0 spiro atoms. The van der Waals surface area contributed by atoms with E-state index in [4.69, 9.17) is 5.73 Å². The second-order valence-electron chi connectivity index (χ2n) is 7.98. The molecule has 1 aromatic carbocycles. The summed E-state index contributed by atoms with van der Waals surface area (Å²) in [6.07, 6.45) is 1.27. The molecule has 2 unspecified atom stereocenters. The molecule has 2 rings (SSSR count). The fourth-order valence-corrected chi connectivity index (χ4v) is 4.73. The van der Waals surface area contributed by atoms with Crippen LogP contribution in [0.3, 0.4) is 0 Å². The van der Waals surface area contributed by atoms with Gasteiger partial charge in [-0.2, -0.15) is 0 Å². The summed E-state index contributed by atoms with van der Waals surface area (Å²) in [6, 6.07) is 10.4. The van der Waals surface area contributed by atoms with Gasteiger partial charge in [0.05, 0.1) is 26.2 Å². The predicted molar refractivity (Wildman–Crippen MR) is 102 cm³/mol. The first-order valence-electron chi connectivity index (χ1n) is 8.64. The molecule has 1 aliphatic heterocycles. The van der Waals surface area contributed by atoms with E-state index < -0.39 is 0 Å². The van der Waals surface area contributed by atoms with Crippen molar-refractivity contribution in [2.45, 2.75) is 44.8 Å². The van der Waals surface area contributed by atoms with Gasteiger partial charge in [-0.05, 0) is 38.1 Å². The second kappa shape index (κ2) is 7.45. The fraction of sp³-hybridized carbons (Fsp3) is 0.667. The molecule has 2 N–H and O–H groups in total. The summed E-state index contributed by atoms with van der Waals surface area (Å²) < 4.78 is 1.11. The van der Waals surface area contributed by atoms with E-state index in [-0.39, 0.29) is 12.4 Å². The van der Waals surface area contributed by atoms with E-state index in [0.717, 1.165) is 29.2 Å². The molecule has 1 heterocycles. The first kappa shape index (κ1) is 20.3. The van der Waals surface area contributed by atoms with E-state index >= 15 is 0 Å². The van der Waals surface area contributed by atoms with Gasteiger partial charge in [0, 0.05) is 40.5 Å². The zero-order chi connectivity index (χ0) is 16.5. The molecular weight excluding hydrogens is 322 g/mol. The van der Waals surface area contributed by atoms with E-state index in [1.54, 1.807) is 0 Å². The number of benzene rings is 1. The maximum absolute atomic E-state index is 5.81. The molecule has 2 atom stereocenters. The minimum absolute atomic E-state index is 0. The monoisotopic (exact) mass is 355 g/mol. The number of rotatable bonds is 5. The molecule has 0 saturated carbocycles. The van der Waals surface area contributed by atoms with Crippen LogP contribution in [0.1, 0.15) is 27.2 Å². The number of nitrogen functional groups attached to an aromatic ring is 1. The highest BCUT2D eigenvalue weighted by molar-refractivity contribution is 6.08. The first-order valence-corrected chi connectivity index (χ1v) is 10.1. The normalized spacial score (nSPS) is 20.4. The van der Waals surface area contributed by atoms with Crippen LogP contribution >= 0.6 is 0 Å². The summed E-state index contributed by atoms with van der Waals surface area (Å²) in [6.45, 7) is 9.65. The Balaban J connectivity index is 0.00000264. The molecule has 5 heteroatoms. The molecule has 1 aliphatic rings. The standard InChI is InChI=1S/C18H34N3Si.ClH/c1-14(13-22)18(2,3)21(4,5)17-10-11-20(12-17)16-8-6-15(19)7-9-16;/h6-9,14,17H,10-13,19H2,1-5,22H3;1H/q+1;/p-1. The number of halogens is 1. The van der Waals surface area contributed by atoms with Gasteiger partial charge in [0.1, 0.15) is 6.04 Å². The molecular formula is C18H34ClN3Si. The van der Waals surface area contributed by atoms with E-state index in [1.807, 2.05) is 12.1 Å². The smallest absolute Gasteiger partial charge is 0.108 e. The van der Waals surface area contributed by atoms with E-state index in [2.05, 4.69) is 51.9 Å². The lowest BCUT2D eigenvalue weighted by Crippen LogP contribution is -3.00. The second-order valence-corrected chi connectivity index (χ2v) is 8.80.